The zero-order valence-electron chi connectivity index (χ0n) is 21.6. The van der Waals surface area contributed by atoms with Crippen molar-refractivity contribution in [3.8, 4) is 10.6 Å². The molecule has 0 unspecified atom stereocenters. The number of aliphatic hydroxyl groups is 3. The molecule has 5 atom stereocenters. The molecule has 1 aromatic carbocycles. The van der Waals surface area contributed by atoms with E-state index < -0.39 is 24.2 Å². The number of aryl methyl sites for hydroxylation is 3. The van der Waals surface area contributed by atoms with Crippen LogP contribution in [-0.4, -0.2) is 60.1 Å². The first-order valence-electron chi connectivity index (χ1n) is 12.5. The summed E-state index contributed by atoms with van der Waals surface area (Å²) in [7, 11) is 0. The number of benzene rings is 1. The number of hydrogen-bond donors (Lipinski definition) is 5. The Labute approximate surface area is 223 Å². The smallest absolute Gasteiger partial charge is 0.225 e. The molecule has 3 aromatic heterocycles. The number of hydrogen-bond acceptors (Lipinski definition) is 10. The summed E-state index contributed by atoms with van der Waals surface area (Å²) in [5.41, 5.74) is 4.27. The van der Waals surface area contributed by atoms with E-state index in [1.165, 1.54) is 17.4 Å². The number of rotatable bonds is 7. The fourth-order valence-corrected chi connectivity index (χ4v) is 5.98. The molecule has 200 valence electrons. The highest BCUT2D eigenvalue weighted by atomic mass is 32.1. The highest BCUT2D eigenvalue weighted by molar-refractivity contribution is 7.21. The highest BCUT2D eigenvalue weighted by Crippen LogP contribution is 2.38. The Morgan fingerprint density at radius 3 is 2.55 bits per heavy atom. The van der Waals surface area contributed by atoms with Crippen molar-refractivity contribution in [2.24, 2.45) is 5.92 Å². The topological polar surface area (TPSA) is 136 Å². The molecule has 38 heavy (non-hydrogen) atoms. The van der Waals surface area contributed by atoms with Crippen molar-refractivity contribution in [3.05, 3.63) is 58.8 Å². The second-order valence-electron chi connectivity index (χ2n) is 9.90. The second-order valence-corrected chi connectivity index (χ2v) is 10.9. The summed E-state index contributed by atoms with van der Waals surface area (Å²) in [4.78, 5) is 18.6. The third-order valence-electron chi connectivity index (χ3n) is 7.19. The Morgan fingerprint density at radius 1 is 1.08 bits per heavy atom. The lowest BCUT2D eigenvalue weighted by Crippen LogP contribution is -2.35. The summed E-state index contributed by atoms with van der Waals surface area (Å²) >= 11 is 1.49. The van der Waals surface area contributed by atoms with E-state index in [0.29, 0.717) is 40.0 Å². The fourth-order valence-electron chi connectivity index (χ4n) is 4.87. The van der Waals surface area contributed by atoms with Crippen LogP contribution in [0.5, 0.6) is 0 Å². The lowest BCUT2D eigenvalue weighted by molar-refractivity contribution is 0.00446. The molecule has 5 rings (SSSR count). The van der Waals surface area contributed by atoms with Crippen molar-refractivity contribution in [3.63, 3.8) is 0 Å². The Hall–Kier alpha value is -3.25. The van der Waals surface area contributed by atoms with Gasteiger partial charge in [-0.15, -0.1) is 11.3 Å². The highest BCUT2D eigenvalue weighted by Gasteiger charge is 2.41. The predicted octanol–water partition coefficient (Wildman–Crippen LogP) is 3.90. The maximum atomic E-state index is 14.2. The van der Waals surface area contributed by atoms with Crippen molar-refractivity contribution in [2.75, 3.05) is 17.2 Å². The van der Waals surface area contributed by atoms with E-state index in [1.54, 1.807) is 19.2 Å². The molecule has 0 spiro atoms. The molecule has 9 nitrogen and oxygen atoms in total. The third kappa shape index (κ3) is 4.94. The number of nitrogens with zero attached hydrogens (tertiary/aromatic N) is 4. The quantitative estimate of drug-likeness (QED) is 0.237. The standard InChI is InChI=1S/C27H31FN6O3S/c1-12-5-6-16(9-18(12)28)13(2)30-27-31-14(3)21(26-33-22-15(4)29-8-7-20(22)38-26)25(34-27)32-19-10-17(11-35)23(36)24(19)37/h5-9,13,17,19,23-24,35-37H,10-11H2,1-4H3,(H2,30,31,32,34)/t13-,17-,19-,23-,24+/m1/s1. The van der Waals surface area contributed by atoms with Gasteiger partial charge in [-0.3, -0.25) is 4.98 Å². The van der Waals surface area contributed by atoms with E-state index >= 15 is 0 Å². The van der Waals surface area contributed by atoms with Crippen LogP contribution in [0, 0.1) is 32.5 Å². The van der Waals surface area contributed by atoms with Crippen LogP contribution in [0.3, 0.4) is 0 Å². The summed E-state index contributed by atoms with van der Waals surface area (Å²) in [6.07, 6.45) is -0.0149. The average molecular weight is 539 g/mol. The second kappa shape index (κ2) is 10.5. The summed E-state index contributed by atoms with van der Waals surface area (Å²) < 4.78 is 15.2. The number of nitrogens with one attached hydrogen (secondary N) is 2. The van der Waals surface area contributed by atoms with Gasteiger partial charge in [0.05, 0.1) is 39.8 Å². The first-order valence-corrected chi connectivity index (χ1v) is 13.3. The average Bonchev–Trinajstić information content (AvgIpc) is 3.42. The summed E-state index contributed by atoms with van der Waals surface area (Å²) in [5.74, 6) is 0.0487. The van der Waals surface area contributed by atoms with Crippen molar-refractivity contribution < 1.29 is 19.7 Å². The van der Waals surface area contributed by atoms with E-state index in [4.69, 9.17) is 15.0 Å². The largest absolute Gasteiger partial charge is 0.396 e. The van der Waals surface area contributed by atoms with Crippen LogP contribution < -0.4 is 10.6 Å². The van der Waals surface area contributed by atoms with Crippen LogP contribution in [-0.2, 0) is 0 Å². The number of thiazole rings is 1. The van der Waals surface area contributed by atoms with Gasteiger partial charge in [-0.25, -0.2) is 14.4 Å². The molecule has 11 heteroatoms. The number of halogens is 1. The van der Waals surface area contributed by atoms with E-state index in [2.05, 4.69) is 15.6 Å². The number of fused-ring (bicyclic) bond motifs is 1. The first-order chi connectivity index (χ1) is 18.2. The molecule has 1 aliphatic carbocycles. The van der Waals surface area contributed by atoms with Gasteiger partial charge in [0.25, 0.3) is 0 Å². The fraction of sp³-hybridized carbons (Fsp3) is 0.407. The minimum absolute atomic E-state index is 0.229. The van der Waals surface area contributed by atoms with Gasteiger partial charge in [-0.1, -0.05) is 12.1 Å². The molecular weight excluding hydrogens is 507 g/mol. The lowest BCUT2D eigenvalue weighted by atomic mass is 10.1. The molecule has 0 amide bonds. The Morgan fingerprint density at radius 2 is 1.87 bits per heavy atom. The molecule has 0 radical (unpaired) electrons. The van der Waals surface area contributed by atoms with Crippen molar-refractivity contribution in [2.45, 2.75) is 58.4 Å². The van der Waals surface area contributed by atoms with E-state index in [9.17, 15) is 19.7 Å². The zero-order valence-corrected chi connectivity index (χ0v) is 22.4. The van der Waals surface area contributed by atoms with Gasteiger partial charge >= 0.3 is 0 Å². The Kier molecular flexibility index (Phi) is 7.28. The molecule has 0 bridgehead atoms. The van der Waals surface area contributed by atoms with Gasteiger partial charge in [0, 0.05) is 18.7 Å². The third-order valence-corrected chi connectivity index (χ3v) is 8.23. The molecule has 1 aliphatic rings. The van der Waals surface area contributed by atoms with Crippen LogP contribution in [0.2, 0.25) is 0 Å². The number of aliphatic hydroxyl groups excluding tert-OH is 3. The predicted molar refractivity (Wildman–Crippen MR) is 146 cm³/mol. The van der Waals surface area contributed by atoms with Crippen molar-refractivity contribution in [1.29, 1.82) is 0 Å². The van der Waals surface area contributed by atoms with E-state index in [1.807, 2.05) is 32.9 Å². The number of aromatic nitrogens is 4. The van der Waals surface area contributed by atoms with E-state index in [0.717, 1.165) is 21.5 Å². The number of pyridine rings is 1. The molecule has 0 saturated heterocycles. The summed E-state index contributed by atoms with van der Waals surface area (Å²) in [6, 6.07) is 6.18. The monoisotopic (exact) mass is 538 g/mol. The normalized spacial score (nSPS) is 22.1. The maximum absolute atomic E-state index is 14.2. The minimum Gasteiger partial charge on any atom is -0.396 e. The maximum Gasteiger partial charge on any atom is 0.225 e. The van der Waals surface area contributed by atoms with Crippen LogP contribution >= 0.6 is 11.3 Å². The molecule has 4 aromatic rings. The van der Waals surface area contributed by atoms with Gasteiger partial charge in [0.15, 0.2) is 0 Å². The van der Waals surface area contributed by atoms with Crippen LogP contribution in [0.4, 0.5) is 16.2 Å². The molecule has 1 saturated carbocycles. The zero-order chi connectivity index (χ0) is 27.1. The Balaban J connectivity index is 1.55. The van der Waals surface area contributed by atoms with Gasteiger partial charge in [-0.2, -0.15) is 4.98 Å². The molecule has 1 fully saturated rings. The molecule has 3 heterocycles. The lowest BCUT2D eigenvalue weighted by Gasteiger charge is -2.22. The van der Waals surface area contributed by atoms with Gasteiger partial charge in [0.2, 0.25) is 5.95 Å². The van der Waals surface area contributed by atoms with Gasteiger partial charge < -0.3 is 26.0 Å². The van der Waals surface area contributed by atoms with Crippen molar-refractivity contribution >= 4 is 33.3 Å². The van der Waals surface area contributed by atoms with Gasteiger partial charge in [0.1, 0.15) is 28.3 Å². The number of anilines is 2. The summed E-state index contributed by atoms with van der Waals surface area (Å²) in [5, 5.41) is 37.9. The minimum atomic E-state index is -1.08. The SMILES string of the molecule is Cc1ccc([C@@H](C)Nc2nc(C)c(-c3nc4c(C)nccc4s3)c(N[C@@H]3C[C@H](CO)[C@@H](O)[C@H]3O)n2)cc1F. The van der Waals surface area contributed by atoms with Crippen LogP contribution in [0.25, 0.3) is 20.8 Å². The first kappa shape index (κ1) is 26.4. The van der Waals surface area contributed by atoms with Gasteiger partial charge in [-0.05, 0) is 57.4 Å². The molecule has 0 aliphatic heterocycles. The van der Waals surface area contributed by atoms with Crippen molar-refractivity contribution in [1.82, 2.24) is 19.9 Å². The van der Waals surface area contributed by atoms with E-state index in [-0.39, 0.29) is 18.5 Å². The summed E-state index contributed by atoms with van der Waals surface area (Å²) in [6.45, 7) is 7.15. The van der Waals surface area contributed by atoms with Crippen LogP contribution in [0.1, 0.15) is 41.9 Å². The Bertz CT molecular complexity index is 1480. The molecular formula is C27H31FN6O3S. The van der Waals surface area contributed by atoms with Crippen LogP contribution in [0.15, 0.2) is 30.5 Å². The molecule has 5 N–H and O–H groups in total.